The summed E-state index contributed by atoms with van der Waals surface area (Å²) in [5.41, 5.74) is 0.718. The lowest BCUT2D eigenvalue weighted by Crippen LogP contribution is -2.72. The van der Waals surface area contributed by atoms with E-state index in [0.29, 0.717) is 11.0 Å². The van der Waals surface area contributed by atoms with Crippen molar-refractivity contribution in [2.75, 3.05) is 27.2 Å². The third-order valence-electron chi connectivity index (χ3n) is 2.99. The van der Waals surface area contributed by atoms with Crippen molar-refractivity contribution in [1.82, 2.24) is 10.2 Å². The van der Waals surface area contributed by atoms with Gasteiger partial charge < -0.3 is 10.2 Å². The minimum Gasteiger partial charge on any atom is -0.312 e. The van der Waals surface area contributed by atoms with E-state index in [1.807, 2.05) is 0 Å². The summed E-state index contributed by atoms with van der Waals surface area (Å²) in [6, 6.07) is 0. The number of nitrogens with zero attached hydrogens (tertiary/aromatic N) is 1. The normalized spacial score (nSPS) is 24.8. The van der Waals surface area contributed by atoms with Crippen molar-refractivity contribution in [2.24, 2.45) is 5.41 Å². The molecule has 1 heterocycles. The Kier molecular flexibility index (Phi) is 2.01. The third-order valence-corrected chi connectivity index (χ3v) is 2.99. The zero-order chi connectivity index (χ0) is 8.70. The predicted molar refractivity (Wildman–Crippen MR) is 48.7 cm³/mol. The molecule has 0 bridgehead atoms. The first-order valence-electron chi connectivity index (χ1n) is 4.29. The van der Waals surface area contributed by atoms with Gasteiger partial charge in [-0.2, -0.15) is 0 Å². The van der Waals surface area contributed by atoms with Gasteiger partial charge in [0.2, 0.25) is 0 Å². The monoisotopic (exact) mass is 156 g/mol. The van der Waals surface area contributed by atoms with Crippen LogP contribution in [0, 0.1) is 5.41 Å². The van der Waals surface area contributed by atoms with Crippen molar-refractivity contribution in [3.63, 3.8) is 0 Å². The Hall–Kier alpha value is -0.0800. The molecule has 1 aliphatic heterocycles. The van der Waals surface area contributed by atoms with Crippen LogP contribution in [0.3, 0.4) is 0 Å². The van der Waals surface area contributed by atoms with Gasteiger partial charge in [0.1, 0.15) is 0 Å². The number of rotatable bonds is 1. The summed E-state index contributed by atoms with van der Waals surface area (Å²) in [4.78, 5) is 2.35. The van der Waals surface area contributed by atoms with E-state index in [-0.39, 0.29) is 0 Å². The standard InChI is InChI=1S/C9H20N2/c1-8(2,3)9(10-4)6-11(5)7-9/h10H,6-7H2,1-5H3. The molecule has 1 saturated heterocycles. The van der Waals surface area contributed by atoms with Crippen LogP contribution in [0.25, 0.3) is 0 Å². The lowest BCUT2D eigenvalue weighted by Gasteiger charge is -2.56. The first-order valence-corrected chi connectivity index (χ1v) is 4.29. The summed E-state index contributed by atoms with van der Waals surface area (Å²) < 4.78 is 0. The molecule has 1 aliphatic rings. The first kappa shape index (κ1) is 9.01. The summed E-state index contributed by atoms with van der Waals surface area (Å²) in [6.07, 6.45) is 0. The molecule has 0 aromatic rings. The maximum absolute atomic E-state index is 3.44. The van der Waals surface area contributed by atoms with E-state index in [1.165, 1.54) is 13.1 Å². The third kappa shape index (κ3) is 1.30. The zero-order valence-corrected chi connectivity index (χ0v) is 8.36. The number of hydrogen-bond acceptors (Lipinski definition) is 2. The fourth-order valence-corrected chi connectivity index (χ4v) is 1.88. The SMILES string of the molecule is CNC1(C(C)(C)C)CN(C)C1. The highest BCUT2D eigenvalue weighted by molar-refractivity contribution is 5.07. The quantitative estimate of drug-likeness (QED) is 0.608. The summed E-state index contributed by atoms with van der Waals surface area (Å²) in [6.45, 7) is 9.25. The van der Waals surface area contributed by atoms with Crippen LogP contribution in [-0.4, -0.2) is 37.6 Å². The molecule has 1 rings (SSSR count). The van der Waals surface area contributed by atoms with Gasteiger partial charge in [-0.25, -0.2) is 0 Å². The van der Waals surface area contributed by atoms with Crippen LogP contribution in [0.5, 0.6) is 0 Å². The van der Waals surface area contributed by atoms with Crippen LogP contribution >= 0.6 is 0 Å². The van der Waals surface area contributed by atoms with Crippen LogP contribution in [0.2, 0.25) is 0 Å². The lowest BCUT2D eigenvalue weighted by molar-refractivity contribution is -0.0130. The van der Waals surface area contributed by atoms with Gasteiger partial charge in [-0.05, 0) is 19.5 Å². The van der Waals surface area contributed by atoms with Crippen molar-refractivity contribution in [3.8, 4) is 0 Å². The van der Waals surface area contributed by atoms with E-state index < -0.39 is 0 Å². The smallest absolute Gasteiger partial charge is 0.0483 e. The van der Waals surface area contributed by atoms with Crippen molar-refractivity contribution < 1.29 is 0 Å². The molecule has 1 fully saturated rings. The summed E-state index contributed by atoms with van der Waals surface area (Å²) in [5, 5.41) is 3.44. The van der Waals surface area contributed by atoms with Gasteiger partial charge in [0.05, 0.1) is 0 Å². The van der Waals surface area contributed by atoms with Gasteiger partial charge in [0, 0.05) is 18.6 Å². The summed E-state index contributed by atoms with van der Waals surface area (Å²) in [5.74, 6) is 0. The Bertz CT molecular complexity index is 140. The molecule has 11 heavy (non-hydrogen) atoms. The molecule has 0 aromatic heterocycles. The Morgan fingerprint density at radius 3 is 1.82 bits per heavy atom. The maximum atomic E-state index is 3.44. The second kappa shape index (κ2) is 2.46. The molecule has 1 N–H and O–H groups in total. The highest BCUT2D eigenvalue weighted by atomic mass is 15.3. The van der Waals surface area contributed by atoms with E-state index >= 15 is 0 Å². The molecule has 2 heteroatoms. The van der Waals surface area contributed by atoms with Gasteiger partial charge >= 0.3 is 0 Å². The average Bonchev–Trinajstić information content (AvgIpc) is 1.77. The van der Waals surface area contributed by atoms with E-state index in [2.05, 4.69) is 45.1 Å². The zero-order valence-electron chi connectivity index (χ0n) is 8.36. The maximum Gasteiger partial charge on any atom is 0.0483 e. The second-order valence-electron chi connectivity index (χ2n) is 4.75. The molecular weight excluding hydrogens is 136 g/mol. The fourth-order valence-electron chi connectivity index (χ4n) is 1.88. The van der Waals surface area contributed by atoms with Crippen LogP contribution in [0.1, 0.15) is 20.8 Å². The summed E-state index contributed by atoms with van der Waals surface area (Å²) in [7, 11) is 4.24. The largest absolute Gasteiger partial charge is 0.312 e. The Morgan fingerprint density at radius 2 is 1.73 bits per heavy atom. The van der Waals surface area contributed by atoms with Crippen molar-refractivity contribution in [2.45, 2.75) is 26.3 Å². The molecular formula is C9H20N2. The predicted octanol–water partition coefficient (Wildman–Crippen LogP) is 0.936. The molecule has 0 amide bonds. The van der Waals surface area contributed by atoms with Gasteiger partial charge in [0.15, 0.2) is 0 Å². The van der Waals surface area contributed by atoms with Crippen LogP contribution in [0.4, 0.5) is 0 Å². The Labute approximate surface area is 70.0 Å². The van der Waals surface area contributed by atoms with Crippen LogP contribution < -0.4 is 5.32 Å². The van der Waals surface area contributed by atoms with Crippen LogP contribution in [0.15, 0.2) is 0 Å². The highest BCUT2D eigenvalue weighted by Crippen LogP contribution is 2.36. The van der Waals surface area contributed by atoms with E-state index in [1.54, 1.807) is 0 Å². The molecule has 0 atom stereocenters. The lowest BCUT2D eigenvalue weighted by atomic mass is 9.69. The first-order chi connectivity index (χ1) is 4.91. The summed E-state index contributed by atoms with van der Waals surface area (Å²) >= 11 is 0. The Morgan fingerprint density at radius 1 is 1.27 bits per heavy atom. The molecule has 0 aromatic carbocycles. The minimum absolute atomic E-state index is 0.349. The molecule has 0 radical (unpaired) electrons. The molecule has 66 valence electrons. The fraction of sp³-hybridized carbons (Fsp3) is 1.00. The van der Waals surface area contributed by atoms with Gasteiger partial charge in [0.25, 0.3) is 0 Å². The number of likely N-dealkylation sites (N-methyl/N-ethyl adjacent to an activating group) is 2. The molecule has 0 aliphatic carbocycles. The van der Waals surface area contributed by atoms with Gasteiger partial charge in [-0.15, -0.1) is 0 Å². The number of likely N-dealkylation sites (tertiary alicyclic amines) is 1. The second-order valence-corrected chi connectivity index (χ2v) is 4.75. The van der Waals surface area contributed by atoms with Crippen LogP contribution in [-0.2, 0) is 0 Å². The Balaban J connectivity index is 2.65. The molecule has 2 nitrogen and oxygen atoms in total. The highest BCUT2D eigenvalue weighted by Gasteiger charge is 2.48. The van der Waals surface area contributed by atoms with E-state index in [4.69, 9.17) is 0 Å². The van der Waals surface area contributed by atoms with Gasteiger partial charge in [-0.3, -0.25) is 0 Å². The van der Waals surface area contributed by atoms with Crippen molar-refractivity contribution >= 4 is 0 Å². The topological polar surface area (TPSA) is 15.3 Å². The van der Waals surface area contributed by atoms with E-state index in [9.17, 15) is 0 Å². The number of nitrogens with one attached hydrogen (secondary N) is 1. The molecule has 0 spiro atoms. The van der Waals surface area contributed by atoms with Crippen molar-refractivity contribution in [3.05, 3.63) is 0 Å². The van der Waals surface area contributed by atoms with Gasteiger partial charge in [-0.1, -0.05) is 20.8 Å². The van der Waals surface area contributed by atoms with E-state index in [0.717, 1.165) is 0 Å². The molecule has 0 saturated carbocycles. The number of hydrogen-bond donors (Lipinski definition) is 1. The average molecular weight is 156 g/mol. The minimum atomic E-state index is 0.349. The van der Waals surface area contributed by atoms with Crippen molar-refractivity contribution in [1.29, 1.82) is 0 Å². The molecule has 0 unspecified atom stereocenters.